The number of anilines is 1. The van der Waals surface area contributed by atoms with Gasteiger partial charge in [0.15, 0.2) is 11.5 Å². The maximum absolute atomic E-state index is 13.5. The molecule has 0 fully saturated rings. The molecule has 1 aliphatic heterocycles. The van der Waals surface area contributed by atoms with Crippen molar-refractivity contribution in [2.24, 2.45) is 0 Å². The summed E-state index contributed by atoms with van der Waals surface area (Å²) in [5.74, 6) is 1.09. The number of fused-ring (bicyclic) bond motifs is 2. The van der Waals surface area contributed by atoms with Crippen molar-refractivity contribution in [1.82, 2.24) is 29.0 Å². The Kier molecular flexibility index (Phi) is 4.09. The summed E-state index contributed by atoms with van der Waals surface area (Å²) in [5, 5.41) is 7.24. The third-order valence-electron chi connectivity index (χ3n) is 5.05. The molecule has 0 saturated carbocycles. The van der Waals surface area contributed by atoms with Crippen LogP contribution in [0, 0.1) is 5.82 Å². The fraction of sp³-hybridized carbons (Fsp3) is 0.200. The molecule has 0 aliphatic carbocycles. The SMILES string of the molecule is CN1CCn2c(nc(-c3ccc(F)cc3)c2-c2ccc3nc(NC=O)cn3n2)C1. The van der Waals surface area contributed by atoms with Crippen LogP contribution in [0.5, 0.6) is 0 Å². The van der Waals surface area contributed by atoms with Gasteiger partial charge in [-0.3, -0.25) is 9.69 Å². The fourth-order valence-corrected chi connectivity index (χ4v) is 3.66. The highest BCUT2D eigenvalue weighted by molar-refractivity contribution is 5.78. The number of hydrogen-bond acceptors (Lipinski definition) is 5. The van der Waals surface area contributed by atoms with Gasteiger partial charge in [0.25, 0.3) is 0 Å². The predicted molar refractivity (Wildman–Crippen MR) is 106 cm³/mol. The van der Waals surface area contributed by atoms with Gasteiger partial charge in [0.05, 0.1) is 24.1 Å². The zero-order chi connectivity index (χ0) is 20.0. The lowest BCUT2D eigenvalue weighted by Gasteiger charge is -2.24. The number of hydrogen-bond donors (Lipinski definition) is 1. The molecule has 5 rings (SSSR count). The summed E-state index contributed by atoms with van der Waals surface area (Å²) < 4.78 is 17.3. The van der Waals surface area contributed by atoms with E-state index in [0.29, 0.717) is 17.9 Å². The number of carbonyl (C=O) groups is 1. The minimum absolute atomic E-state index is 0.285. The summed E-state index contributed by atoms with van der Waals surface area (Å²) in [6, 6.07) is 10.1. The van der Waals surface area contributed by atoms with E-state index in [-0.39, 0.29) is 5.82 Å². The number of nitrogens with one attached hydrogen (secondary N) is 1. The molecule has 1 aromatic carbocycles. The summed E-state index contributed by atoms with van der Waals surface area (Å²) in [6.45, 7) is 2.42. The number of amides is 1. The highest BCUT2D eigenvalue weighted by Gasteiger charge is 2.25. The third-order valence-corrected chi connectivity index (χ3v) is 5.05. The van der Waals surface area contributed by atoms with Crippen LogP contribution < -0.4 is 5.32 Å². The molecule has 0 spiro atoms. The molecule has 29 heavy (non-hydrogen) atoms. The van der Waals surface area contributed by atoms with E-state index in [1.54, 1.807) is 22.8 Å². The number of carbonyl (C=O) groups excluding carboxylic acids is 1. The maximum atomic E-state index is 13.5. The lowest BCUT2D eigenvalue weighted by Crippen LogP contribution is -2.30. The Morgan fingerprint density at radius 2 is 1.93 bits per heavy atom. The number of nitrogens with zero attached hydrogens (tertiary/aromatic N) is 6. The van der Waals surface area contributed by atoms with E-state index in [9.17, 15) is 9.18 Å². The van der Waals surface area contributed by atoms with Crippen LogP contribution in [0.4, 0.5) is 10.2 Å². The van der Waals surface area contributed by atoms with Crippen LogP contribution in [0.2, 0.25) is 0 Å². The first-order chi connectivity index (χ1) is 14.1. The monoisotopic (exact) mass is 391 g/mol. The number of rotatable bonds is 4. The summed E-state index contributed by atoms with van der Waals surface area (Å²) in [4.78, 5) is 22.1. The molecule has 3 aromatic heterocycles. The summed E-state index contributed by atoms with van der Waals surface area (Å²) in [5.41, 5.74) is 3.85. The van der Waals surface area contributed by atoms with Gasteiger partial charge >= 0.3 is 0 Å². The molecule has 4 heterocycles. The average Bonchev–Trinajstić information content (AvgIpc) is 3.28. The Labute approximate surface area is 165 Å². The van der Waals surface area contributed by atoms with Gasteiger partial charge in [-0.25, -0.2) is 18.9 Å². The van der Waals surface area contributed by atoms with Crippen molar-refractivity contribution in [2.75, 3.05) is 18.9 Å². The molecule has 0 atom stereocenters. The second-order valence-corrected chi connectivity index (χ2v) is 7.03. The van der Waals surface area contributed by atoms with Gasteiger partial charge < -0.3 is 9.88 Å². The second kappa shape index (κ2) is 6.78. The third kappa shape index (κ3) is 3.05. The van der Waals surface area contributed by atoms with Crippen LogP contribution in [0.15, 0.2) is 42.6 Å². The average molecular weight is 391 g/mol. The summed E-state index contributed by atoms with van der Waals surface area (Å²) in [6.07, 6.45) is 2.24. The van der Waals surface area contributed by atoms with Crippen LogP contribution in [-0.4, -0.2) is 49.1 Å². The molecule has 0 bridgehead atoms. The first-order valence-electron chi connectivity index (χ1n) is 9.23. The Morgan fingerprint density at radius 3 is 2.72 bits per heavy atom. The molecular weight excluding hydrogens is 373 g/mol. The highest BCUT2D eigenvalue weighted by Crippen LogP contribution is 2.33. The molecule has 0 unspecified atom stereocenters. The lowest BCUT2D eigenvalue weighted by molar-refractivity contribution is -0.105. The molecule has 1 N–H and O–H groups in total. The van der Waals surface area contributed by atoms with E-state index in [4.69, 9.17) is 10.1 Å². The topological polar surface area (TPSA) is 80.4 Å². The normalized spacial score (nSPS) is 14.1. The van der Waals surface area contributed by atoms with Crippen molar-refractivity contribution < 1.29 is 9.18 Å². The molecule has 0 saturated heterocycles. The fourth-order valence-electron chi connectivity index (χ4n) is 3.66. The smallest absolute Gasteiger partial charge is 0.212 e. The Hall–Kier alpha value is -3.59. The summed E-state index contributed by atoms with van der Waals surface area (Å²) in [7, 11) is 2.06. The second-order valence-electron chi connectivity index (χ2n) is 7.03. The van der Waals surface area contributed by atoms with Crippen molar-refractivity contribution in [2.45, 2.75) is 13.1 Å². The van der Waals surface area contributed by atoms with E-state index < -0.39 is 0 Å². The molecule has 4 aromatic rings. The Balaban J connectivity index is 1.69. The van der Waals surface area contributed by atoms with Crippen LogP contribution in [0.25, 0.3) is 28.3 Å². The molecule has 9 heteroatoms. The number of halogens is 1. The standard InChI is InChI=1S/C20H18FN7O/c1-26-8-9-27-18(11-26)24-19(13-2-4-14(21)5-3-13)20(27)15-6-7-17-23-16(22-12-29)10-28(17)25-15/h2-7,10,12H,8-9,11H2,1H3,(H,22,29). The van der Waals surface area contributed by atoms with Gasteiger partial charge in [-0.2, -0.15) is 5.10 Å². The van der Waals surface area contributed by atoms with Gasteiger partial charge in [-0.15, -0.1) is 0 Å². The molecule has 0 radical (unpaired) electrons. The van der Waals surface area contributed by atoms with Gasteiger partial charge in [-0.1, -0.05) is 0 Å². The van der Waals surface area contributed by atoms with Crippen LogP contribution >= 0.6 is 0 Å². The van der Waals surface area contributed by atoms with Crippen molar-refractivity contribution >= 4 is 17.9 Å². The first kappa shape index (κ1) is 17.5. The maximum Gasteiger partial charge on any atom is 0.212 e. The molecular formula is C20H18FN7O. The Morgan fingerprint density at radius 1 is 1.10 bits per heavy atom. The highest BCUT2D eigenvalue weighted by atomic mass is 19.1. The number of aromatic nitrogens is 5. The van der Waals surface area contributed by atoms with E-state index in [2.05, 4.69) is 26.8 Å². The van der Waals surface area contributed by atoms with E-state index >= 15 is 0 Å². The number of likely N-dealkylation sites (N-methyl/N-ethyl adjacent to an activating group) is 1. The van der Waals surface area contributed by atoms with Gasteiger partial charge in [0.1, 0.15) is 17.3 Å². The molecule has 1 aliphatic rings. The van der Waals surface area contributed by atoms with Crippen LogP contribution in [0.1, 0.15) is 5.82 Å². The molecule has 146 valence electrons. The zero-order valence-electron chi connectivity index (χ0n) is 15.7. The minimum atomic E-state index is -0.285. The van der Waals surface area contributed by atoms with Crippen molar-refractivity contribution in [3.8, 4) is 22.6 Å². The lowest BCUT2D eigenvalue weighted by atomic mass is 10.1. The van der Waals surface area contributed by atoms with Crippen molar-refractivity contribution in [1.29, 1.82) is 0 Å². The Bertz CT molecular complexity index is 1210. The predicted octanol–water partition coefficient (Wildman–Crippen LogP) is 2.41. The molecule has 1 amide bonds. The van der Waals surface area contributed by atoms with Crippen molar-refractivity contribution in [3.05, 3.63) is 54.2 Å². The largest absolute Gasteiger partial charge is 0.324 e. The first-order valence-corrected chi connectivity index (χ1v) is 9.23. The van der Waals surface area contributed by atoms with E-state index in [1.807, 2.05) is 12.1 Å². The summed E-state index contributed by atoms with van der Waals surface area (Å²) >= 11 is 0. The number of imidazole rings is 2. The van der Waals surface area contributed by atoms with Crippen LogP contribution in [-0.2, 0) is 17.9 Å². The van der Waals surface area contributed by atoms with Gasteiger partial charge in [0.2, 0.25) is 6.41 Å². The number of benzene rings is 1. The van der Waals surface area contributed by atoms with E-state index in [0.717, 1.165) is 48.1 Å². The van der Waals surface area contributed by atoms with Crippen LogP contribution in [0.3, 0.4) is 0 Å². The van der Waals surface area contributed by atoms with E-state index in [1.165, 1.54) is 12.1 Å². The molecule has 8 nitrogen and oxygen atoms in total. The zero-order valence-corrected chi connectivity index (χ0v) is 15.7. The van der Waals surface area contributed by atoms with Crippen molar-refractivity contribution in [3.63, 3.8) is 0 Å². The quantitative estimate of drug-likeness (QED) is 0.541. The van der Waals surface area contributed by atoms with Gasteiger partial charge in [-0.05, 0) is 43.4 Å². The minimum Gasteiger partial charge on any atom is -0.324 e. The van der Waals surface area contributed by atoms with Gasteiger partial charge in [0, 0.05) is 18.7 Å².